The van der Waals surface area contributed by atoms with Crippen LogP contribution in [-0.2, 0) is 0 Å². The third kappa shape index (κ3) is 3.92. The van der Waals surface area contributed by atoms with Crippen LogP contribution >= 0.6 is 0 Å². The van der Waals surface area contributed by atoms with Crippen molar-refractivity contribution >= 4 is 59.4 Å². The molecule has 1 unspecified atom stereocenters. The molecule has 0 aliphatic heterocycles. The van der Waals surface area contributed by atoms with E-state index in [2.05, 4.69) is 164 Å². The second kappa shape index (κ2) is 10.1. The van der Waals surface area contributed by atoms with Gasteiger partial charge in [0.2, 0.25) is 0 Å². The monoisotopic (exact) mass is 558 g/mol. The minimum Gasteiger partial charge on any atom is -0.0761 e. The molecule has 8 aromatic rings. The summed E-state index contributed by atoms with van der Waals surface area (Å²) in [5, 5.41) is 13.0. The molecule has 0 heterocycles. The van der Waals surface area contributed by atoms with Gasteiger partial charge < -0.3 is 0 Å². The number of benzene rings is 8. The van der Waals surface area contributed by atoms with Crippen LogP contribution in [0.3, 0.4) is 0 Å². The molecule has 9 rings (SSSR count). The predicted octanol–water partition coefficient (Wildman–Crippen LogP) is 12.2. The molecule has 8 aromatic carbocycles. The maximum Gasteiger partial charge on any atom is 0.00622 e. The van der Waals surface area contributed by atoms with Crippen molar-refractivity contribution in [3.8, 4) is 11.1 Å². The molecule has 206 valence electrons. The lowest BCUT2D eigenvalue weighted by atomic mass is 9.80. The highest BCUT2D eigenvalue weighted by Gasteiger charge is 2.21. The van der Waals surface area contributed by atoms with Gasteiger partial charge in [-0.3, -0.25) is 0 Å². The molecule has 1 aliphatic carbocycles. The summed E-state index contributed by atoms with van der Waals surface area (Å²) in [5.74, 6) is 0.357. The number of fused-ring (bicyclic) bond motifs is 6. The summed E-state index contributed by atoms with van der Waals surface area (Å²) in [6.07, 6.45) is 8.27. The molecule has 0 saturated carbocycles. The lowest BCUT2D eigenvalue weighted by molar-refractivity contribution is 0.865. The molecule has 0 fully saturated rings. The Bertz CT molecular complexity index is 2470. The fourth-order valence-corrected chi connectivity index (χ4v) is 7.51. The van der Waals surface area contributed by atoms with Gasteiger partial charge in [0.1, 0.15) is 0 Å². The van der Waals surface area contributed by atoms with Crippen molar-refractivity contribution in [3.05, 3.63) is 175 Å². The van der Waals surface area contributed by atoms with Gasteiger partial charge in [0.15, 0.2) is 0 Å². The first-order valence-electron chi connectivity index (χ1n) is 15.6. The summed E-state index contributed by atoms with van der Waals surface area (Å²) in [6, 6.07) is 53.6. The molecule has 0 radical (unpaired) electrons. The molecule has 0 saturated heterocycles. The van der Waals surface area contributed by atoms with E-state index < -0.39 is 0 Å². The minimum absolute atomic E-state index is 0.357. The standard InChI is InChI=1S/C44H30/c1-2-13-34-28-35(25-20-29(34)10-1)42-39-17-7-8-18-40(39)43(44-38-16-6-4-12-31(38)26-27-41(42)44)33-23-21-32(22-24-33)37-19-9-14-30-11-3-5-15-36(30)37/h1-21,23-28,32H,22H2. The highest BCUT2D eigenvalue weighted by atomic mass is 14.2. The Hall–Kier alpha value is -5.46. The van der Waals surface area contributed by atoms with E-state index in [-0.39, 0.29) is 0 Å². The number of hydrogen-bond donors (Lipinski definition) is 0. The van der Waals surface area contributed by atoms with E-state index in [4.69, 9.17) is 0 Å². The minimum atomic E-state index is 0.357. The van der Waals surface area contributed by atoms with Crippen molar-refractivity contribution in [1.82, 2.24) is 0 Å². The smallest absolute Gasteiger partial charge is 0.00622 e. The Morgan fingerprint density at radius 1 is 0.432 bits per heavy atom. The average molecular weight is 559 g/mol. The average Bonchev–Trinajstić information content (AvgIpc) is 3.10. The van der Waals surface area contributed by atoms with E-state index in [9.17, 15) is 0 Å². The van der Waals surface area contributed by atoms with Crippen LogP contribution < -0.4 is 0 Å². The second-order valence-electron chi connectivity index (χ2n) is 12.0. The van der Waals surface area contributed by atoms with Crippen LogP contribution in [-0.4, -0.2) is 0 Å². The molecule has 0 amide bonds. The molecule has 1 atom stereocenters. The van der Waals surface area contributed by atoms with Crippen LogP contribution in [0.15, 0.2) is 164 Å². The summed E-state index contributed by atoms with van der Waals surface area (Å²) < 4.78 is 0. The molecule has 0 bridgehead atoms. The second-order valence-corrected chi connectivity index (χ2v) is 12.0. The summed E-state index contributed by atoms with van der Waals surface area (Å²) in [5.41, 5.74) is 6.62. The Morgan fingerprint density at radius 3 is 1.82 bits per heavy atom. The van der Waals surface area contributed by atoms with Gasteiger partial charge in [-0.2, -0.15) is 0 Å². The van der Waals surface area contributed by atoms with E-state index in [1.54, 1.807) is 0 Å². The molecule has 0 aromatic heterocycles. The molecular formula is C44H30. The fraction of sp³-hybridized carbons (Fsp3) is 0.0455. The highest BCUT2D eigenvalue weighted by molar-refractivity contribution is 6.26. The van der Waals surface area contributed by atoms with Crippen molar-refractivity contribution in [2.45, 2.75) is 12.3 Å². The van der Waals surface area contributed by atoms with Gasteiger partial charge >= 0.3 is 0 Å². The topological polar surface area (TPSA) is 0 Å². The van der Waals surface area contributed by atoms with Crippen LogP contribution in [0.2, 0.25) is 0 Å². The zero-order chi connectivity index (χ0) is 29.0. The van der Waals surface area contributed by atoms with E-state index in [0.717, 1.165) is 6.42 Å². The molecule has 0 nitrogen and oxygen atoms in total. The molecule has 1 aliphatic rings. The summed E-state index contributed by atoms with van der Waals surface area (Å²) in [4.78, 5) is 0. The molecule has 0 spiro atoms. The number of rotatable bonds is 3. The van der Waals surface area contributed by atoms with Crippen LogP contribution in [0.4, 0.5) is 0 Å². The molecule has 44 heavy (non-hydrogen) atoms. The van der Waals surface area contributed by atoms with Crippen LogP contribution in [0, 0.1) is 0 Å². The van der Waals surface area contributed by atoms with E-state index in [1.165, 1.54) is 81.7 Å². The predicted molar refractivity (Wildman–Crippen MR) is 190 cm³/mol. The number of hydrogen-bond acceptors (Lipinski definition) is 0. The van der Waals surface area contributed by atoms with Crippen molar-refractivity contribution in [2.24, 2.45) is 0 Å². The Kier molecular flexibility index (Phi) is 5.74. The van der Waals surface area contributed by atoms with Gasteiger partial charge in [0.25, 0.3) is 0 Å². The Balaban J connectivity index is 1.30. The van der Waals surface area contributed by atoms with Gasteiger partial charge in [0, 0.05) is 5.92 Å². The van der Waals surface area contributed by atoms with E-state index in [0.29, 0.717) is 5.92 Å². The van der Waals surface area contributed by atoms with Crippen molar-refractivity contribution < 1.29 is 0 Å². The Morgan fingerprint density at radius 2 is 1.05 bits per heavy atom. The third-order valence-corrected chi connectivity index (χ3v) is 9.56. The van der Waals surface area contributed by atoms with Crippen molar-refractivity contribution in [3.63, 3.8) is 0 Å². The first kappa shape index (κ1) is 25.1. The lowest BCUT2D eigenvalue weighted by Crippen LogP contribution is -2.01. The first-order valence-corrected chi connectivity index (χ1v) is 15.6. The van der Waals surface area contributed by atoms with Gasteiger partial charge in [-0.1, -0.05) is 158 Å². The van der Waals surface area contributed by atoms with Gasteiger partial charge in [-0.25, -0.2) is 0 Å². The summed E-state index contributed by atoms with van der Waals surface area (Å²) in [7, 11) is 0. The summed E-state index contributed by atoms with van der Waals surface area (Å²) in [6.45, 7) is 0. The molecular weight excluding hydrogens is 528 g/mol. The van der Waals surface area contributed by atoms with Gasteiger partial charge in [-0.15, -0.1) is 0 Å². The van der Waals surface area contributed by atoms with Crippen LogP contribution in [0.1, 0.15) is 23.5 Å². The quantitative estimate of drug-likeness (QED) is 0.149. The maximum absolute atomic E-state index is 2.48. The van der Waals surface area contributed by atoms with Crippen LogP contribution in [0.25, 0.3) is 70.6 Å². The number of allylic oxidation sites excluding steroid dienone is 4. The van der Waals surface area contributed by atoms with E-state index in [1.807, 2.05) is 0 Å². The maximum atomic E-state index is 2.48. The lowest BCUT2D eigenvalue weighted by Gasteiger charge is -2.23. The zero-order valence-electron chi connectivity index (χ0n) is 24.4. The van der Waals surface area contributed by atoms with Crippen LogP contribution in [0.5, 0.6) is 0 Å². The van der Waals surface area contributed by atoms with Crippen molar-refractivity contribution in [1.29, 1.82) is 0 Å². The summed E-state index contributed by atoms with van der Waals surface area (Å²) >= 11 is 0. The molecule has 0 N–H and O–H groups in total. The van der Waals surface area contributed by atoms with E-state index >= 15 is 0 Å². The normalized spacial score (nSPS) is 15.0. The third-order valence-electron chi connectivity index (χ3n) is 9.56. The Labute approximate surface area is 257 Å². The van der Waals surface area contributed by atoms with Gasteiger partial charge in [0.05, 0.1) is 0 Å². The SMILES string of the molecule is C1=CC(c2cccc3ccccc23)CC=C1c1c2ccccc2c(-c2ccc3ccccc3c2)c2ccc3ccccc3c12. The molecule has 0 heteroatoms. The van der Waals surface area contributed by atoms with Crippen molar-refractivity contribution in [2.75, 3.05) is 0 Å². The highest BCUT2D eigenvalue weighted by Crippen LogP contribution is 2.46. The largest absolute Gasteiger partial charge is 0.0761 e. The zero-order valence-corrected chi connectivity index (χ0v) is 24.4. The van der Waals surface area contributed by atoms with Gasteiger partial charge in [-0.05, 0) is 94.2 Å². The first-order chi connectivity index (χ1) is 21.8. The fourth-order valence-electron chi connectivity index (χ4n) is 7.51.